The maximum absolute atomic E-state index is 12.7. The van der Waals surface area contributed by atoms with Crippen LogP contribution in [0.2, 0.25) is 0 Å². The van der Waals surface area contributed by atoms with Gasteiger partial charge in [0.15, 0.2) is 0 Å². The highest BCUT2D eigenvalue weighted by molar-refractivity contribution is 6.03. The molecule has 2 heterocycles. The molecular weight excluding hydrogens is 364 g/mol. The molecule has 2 fully saturated rings. The predicted octanol–water partition coefficient (Wildman–Crippen LogP) is 3.54. The summed E-state index contributed by atoms with van der Waals surface area (Å²) in [6, 6.07) is 16.9. The molecule has 2 saturated heterocycles. The van der Waals surface area contributed by atoms with Crippen LogP contribution >= 0.6 is 0 Å². The lowest BCUT2D eigenvalue weighted by molar-refractivity contribution is -0.122. The summed E-state index contributed by atoms with van der Waals surface area (Å²) in [6.45, 7) is 2.49. The number of hydrogen-bond acceptors (Lipinski definition) is 4. The Labute approximate surface area is 170 Å². The van der Waals surface area contributed by atoms with Crippen LogP contribution in [0.1, 0.15) is 31.2 Å². The van der Waals surface area contributed by atoms with Crippen molar-refractivity contribution in [3.63, 3.8) is 0 Å². The van der Waals surface area contributed by atoms with Gasteiger partial charge >= 0.3 is 0 Å². The van der Waals surface area contributed by atoms with Crippen molar-refractivity contribution in [3.8, 4) is 6.07 Å². The Balaban J connectivity index is 1.38. The summed E-state index contributed by atoms with van der Waals surface area (Å²) in [6.07, 6.45) is 3.92. The number of carbonyl (C=O) groups excluding carboxylic acids is 2. The molecule has 29 heavy (non-hydrogen) atoms. The first-order valence-corrected chi connectivity index (χ1v) is 10.1. The third-order valence-electron chi connectivity index (χ3n) is 5.64. The van der Waals surface area contributed by atoms with Gasteiger partial charge in [-0.3, -0.25) is 9.59 Å². The van der Waals surface area contributed by atoms with E-state index in [4.69, 9.17) is 5.26 Å². The van der Waals surface area contributed by atoms with E-state index in [-0.39, 0.29) is 18.2 Å². The number of rotatable bonds is 4. The van der Waals surface area contributed by atoms with Crippen LogP contribution in [0.3, 0.4) is 0 Å². The molecule has 1 unspecified atom stereocenters. The van der Waals surface area contributed by atoms with E-state index in [0.29, 0.717) is 17.8 Å². The fourth-order valence-electron chi connectivity index (χ4n) is 4.03. The molecule has 6 nitrogen and oxygen atoms in total. The van der Waals surface area contributed by atoms with E-state index in [9.17, 15) is 9.59 Å². The van der Waals surface area contributed by atoms with E-state index in [2.05, 4.69) is 16.3 Å². The van der Waals surface area contributed by atoms with Crippen LogP contribution in [-0.4, -0.2) is 31.4 Å². The molecule has 148 valence electrons. The Hall–Kier alpha value is -3.33. The van der Waals surface area contributed by atoms with Gasteiger partial charge in [0, 0.05) is 43.1 Å². The molecule has 0 spiro atoms. The first-order valence-electron chi connectivity index (χ1n) is 10.1. The summed E-state index contributed by atoms with van der Waals surface area (Å²) in [4.78, 5) is 29.1. The fourth-order valence-corrected chi connectivity index (χ4v) is 4.03. The zero-order valence-corrected chi connectivity index (χ0v) is 16.3. The van der Waals surface area contributed by atoms with Crippen molar-refractivity contribution in [1.82, 2.24) is 0 Å². The highest BCUT2D eigenvalue weighted by Crippen LogP contribution is 2.27. The van der Waals surface area contributed by atoms with E-state index in [0.717, 1.165) is 18.8 Å². The second kappa shape index (κ2) is 8.36. The highest BCUT2D eigenvalue weighted by Gasteiger charge is 2.35. The van der Waals surface area contributed by atoms with Gasteiger partial charge in [0.1, 0.15) is 0 Å². The van der Waals surface area contributed by atoms with E-state index in [1.54, 1.807) is 29.2 Å². The fraction of sp³-hybridized carbons (Fsp3) is 0.348. The monoisotopic (exact) mass is 388 g/mol. The summed E-state index contributed by atoms with van der Waals surface area (Å²) >= 11 is 0. The maximum atomic E-state index is 12.7. The number of anilines is 3. The summed E-state index contributed by atoms with van der Waals surface area (Å²) < 4.78 is 0. The van der Waals surface area contributed by atoms with Crippen LogP contribution in [0.5, 0.6) is 0 Å². The molecule has 2 aliphatic heterocycles. The molecule has 0 radical (unpaired) electrons. The number of hydrogen-bond donors (Lipinski definition) is 1. The third kappa shape index (κ3) is 4.24. The SMILES string of the molecule is N#Cc1cccc(N2CC(C(=O)Nc3ccc(N4CCCCC4)cc3)CC2=O)c1. The molecule has 2 aromatic carbocycles. The lowest BCUT2D eigenvalue weighted by Gasteiger charge is -2.28. The van der Waals surface area contributed by atoms with Crippen LogP contribution in [0.25, 0.3) is 0 Å². The second-order valence-corrected chi connectivity index (χ2v) is 7.65. The molecule has 0 aliphatic carbocycles. The first kappa shape index (κ1) is 19.0. The topological polar surface area (TPSA) is 76.4 Å². The highest BCUT2D eigenvalue weighted by atomic mass is 16.2. The van der Waals surface area contributed by atoms with Crippen molar-refractivity contribution in [1.29, 1.82) is 5.26 Å². The third-order valence-corrected chi connectivity index (χ3v) is 5.64. The first-order chi connectivity index (χ1) is 14.1. The van der Waals surface area contributed by atoms with Gasteiger partial charge in [0.25, 0.3) is 0 Å². The lowest BCUT2D eigenvalue weighted by atomic mass is 10.1. The van der Waals surface area contributed by atoms with Crippen molar-refractivity contribution < 1.29 is 9.59 Å². The zero-order chi connectivity index (χ0) is 20.2. The molecule has 0 bridgehead atoms. The Morgan fingerprint density at radius 2 is 1.79 bits per heavy atom. The molecule has 2 aliphatic rings. The van der Waals surface area contributed by atoms with Gasteiger partial charge in [-0.1, -0.05) is 6.07 Å². The zero-order valence-electron chi connectivity index (χ0n) is 16.3. The summed E-state index contributed by atoms with van der Waals surface area (Å²) in [5.74, 6) is -0.654. The van der Waals surface area contributed by atoms with Gasteiger partial charge in [0.05, 0.1) is 17.6 Å². The van der Waals surface area contributed by atoms with E-state index < -0.39 is 5.92 Å². The van der Waals surface area contributed by atoms with E-state index >= 15 is 0 Å². The number of carbonyl (C=O) groups is 2. The molecule has 4 rings (SSSR count). The Kier molecular flexibility index (Phi) is 5.48. The Bertz CT molecular complexity index is 942. The van der Waals surface area contributed by atoms with Crippen LogP contribution in [0, 0.1) is 17.2 Å². The molecule has 0 aromatic heterocycles. The number of nitrogens with zero attached hydrogens (tertiary/aromatic N) is 3. The molecule has 2 aromatic rings. The average Bonchev–Trinajstić information content (AvgIpc) is 3.17. The largest absolute Gasteiger partial charge is 0.372 e. The molecule has 2 amide bonds. The number of piperidine rings is 1. The minimum atomic E-state index is -0.407. The second-order valence-electron chi connectivity index (χ2n) is 7.65. The quantitative estimate of drug-likeness (QED) is 0.869. The van der Waals surface area contributed by atoms with Crippen molar-refractivity contribution in [3.05, 3.63) is 54.1 Å². The predicted molar refractivity (Wildman–Crippen MR) is 113 cm³/mol. The van der Waals surface area contributed by atoms with Crippen molar-refractivity contribution >= 4 is 28.9 Å². The van der Waals surface area contributed by atoms with Crippen LogP contribution in [-0.2, 0) is 9.59 Å². The lowest BCUT2D eigenvalue weighted by Crippen LogP contribution is -2.29. The van der Waals surface area contributed by atoms with Gasteiger partial charge in [-0.05, 0) is 61.7 Å². The minimum Gasteiger partial charge on any atom is -0.372 e. The molecule has 6 heteroatoms. The summed E-state index contributed by atoms with van der Waals surface area (Å²) in [5.41, 5.74) is 3.09. The standard InChI is InChI=1S/C23H24N4O2/c24-15-17-5-4-6-21(13-17)27-16-18(14-22(27)28)23(29)25-19-7-9-20(10-8-19)26-11-2-1-3-12-26/h4-10,13,18H,1-3,11-12,14,16H2,(H,25,29). The number of nitriles is 1. The Morgan fingerprint density at radius 1 is 1.03 bits per heavy atom. The normalized spacial score (nSPS) is 19.1. The van der Waals surface area contributed by atoms with E-state index in [1.165, 1.54) is 24.9 Å². The van der Waals surface area contributed by atoms with Gasteiger partial charge in [-0.25, -0.2) is 0 Å². The van der Waals surface area contributed by atoms with Gasteiger partial charge in [-0.15, -0.1) is 0 Å². The smallest absolute Gasteiger partial charge is 0.229 e. The number of nitrogens with one attached hydrogen (secondary N) is 1. The molecular formula is C23H24N4O2. The molecule has 0 saturated carbocycles. The van der Waals surface area contributed by atoms with Crippen LogP contribution < -0.4 is 15.1 Å². The van der Waals surface area contributed by atoms with Gasteiger partial charge in [-0.2, -0.15) is 5.26 Å². The maximum Gasteiger partial charge on any atom is 0.229 e. The number of amides is 2. The minimum absolute atomic E-state index is 0.0966. The van der Waals surface area contributed by atoms with Crippen molar-refractivity contribution in [2.24, 2.45) is 5.92 Å². The van der Waals surface area contributed by atoms with Crippen LogP contribution in [0.4, 0.5) is 17.1 Å². The van der Waals surface area contributed by atoms with Crippen molar-refractivity contribution in [2.45, 2.75) is 25.7 Å². The molecule has 1 N–H and O–H groups in total. The number of benzene rings is 2. The van der Waals surface area contributed by atoms with Crippen LogP contribution in [0.15, 0.2) is 48.5 Å². The summed E-state index contributed by atoms with van der Waals surface area (Å²) in [5, 5.41) is 12.0. The van der Waals surface area contributed by atoms with Gasteiger partial charge in [0.2, 0.25) is 11.8 Å². The van der Waals surface area contributed by atoms with E-state index in [1.807, 2.05) is 24.3 Å². The average molecular weight is 388 g/mol. The molecule has 1 atom stereocenters. The van der Waals surface area contributed by atoms with Gasteiger partial charge < -0.3 is 15.1 Å². The Morgan fingerprint density at radius 3 is 2.52 bits per heavy atom. The summed E-state index contributed by atoms with van der Waals surface area (Å²) in [7, 11) is 0. The van der Waals surface area contributed by atoms with Crippen molar-refractivity contribution in [2.75, 3.05) is 34.8 Å².